The minimum absolute atomic E-state index is 0.00103. The third-order valence-electron chi connectivity index (χ3n) is 3.92. The number of fused-ring (bicyclic) bond motifs is 1. The molecule has 0 saturated heterocycles. The monoisotopic (exact) mass is 367 g/mol. The van der Waals surface area contributed by atoms with Crippen molar-refractivity contribution in [2.75, 3.05) is 18.4 Å². The van der Waals surface area contributed by atoms with Crippen LogP contribution in [0.2, 0.25) is 0 Å². The van der Waals surface area contributed by atoms with Crippen molar-refractivity contribution in [3.63, 3.8) is 0 Å². The molecular formula is C19H17N3OS2. The number of nitrogens with one attached hydrogen (secondary N) is 1. The van der Waals surface area contributed by atoms with Crippen LogP contribution in [0.4, 0.5) is 5.69 Å². The van der Waals surface area contributed by atoms with E-state index >= 15 is 0 Å². The average Bonchev–Trinajstić information content (AvgIpc) is 3.23. The van der Waals surface area contributed by atoms with Gasteiger partial charge < -0.3 is 10.2 Å². The Morgan fingerprint density at radius 2 is 1.96 bits per heavy atom. The first-order valence-corrected chi connectivity index (χ1v) is 9.79. The number of carbonyl (C=O) groups excluding carboxylic acids is 1. The Hall–Kier alpha value is -2.18. The second kappa shape index (κ2) is 7.37. The number of thioether (sulfide) groups is 1. The maximum absolute atomic E-state index is 12.5. The van der Waals surface area contributed by atoms with Crippen molar-refractivity contribution in [2.24, 2.45) is 4.99 Å². The van der Waals surface area contributed by atoms with Gasteiger partial charge in [-0.25, -0.2) is 0 Å². The summed E-state index contributed by atoms with van der Waals surface area (Å²) in [6.45, 7) is 1.69. The van der Waals surface area contributed by atoms with Gasteiger partial charge in [0.2, 0.25) is 5.91 Å². The summed E-state index contributed by atoms with van der Waals surface area (Å²) in [6.07, 6.45) is 0.371. The Kier molecular flexibility index (Phi) is 4.81. The molecule has 6 heteroatoms. The van der Waals surface area contributed by atoms with Gasteiger partial charge in [-0.1, -0.05) is 53.9 Å². The van der Waals surface area contributed by atoms with Crippen LogP contribution < -0.4 is 5.32 Å². The number of nitrogens with zero attached hydrogens (tertiary/aromatic N) is 2. The zero-order valence-corrected chi connectivity index (χ0v) is 15.1. The number of aliphatic imine (C=N–C) groups is 1. The van der Waals surface area contributed by atoms with Crippen LogP contribution >= 0.6 is 23.5 Å². The lowest BCUT2D eigenvalue weighted by molar-refractivity contribution is -0.115. The third kappa shape index (κ3) is 3.75. The number of benzene rings is 2. The summed E-state index contributed by atoms with van der Waals surface area (Å²) in [5, 5.41) is 6.11. The van der Waals surface area contributed by atoms with Gasteiger partial charge in [-0.15, -0.1) is 0 Å². The highest BCUT2D eigenvalue weighted by molar-refractivity contribution is 8.16. The molecule has 126 valence electrons. The highest BCUT2D eigenvalue weighted by Crippen LogP contribution is 2.34. The van der Waals surface area contributed by atoms with Gasteiger partial charge in [-0.3, -0.25) is 9.79 Å². The van der Waals surface area contributed by atoms with Crippen molar-refractivity contribution in [2.45, 2.75) is 16.2 Å². The first-order valence-electron chi connectivity index (χ1n) is 8.09. The molecule has 4 nitrogen and oxygen atoms in total. The molecule has 0 unspecified atom stereocenters. The van der Waals surface area contributed by atoms with Crippen molar-refractivity contribution >= 4 is 40.3 Å². The van der Waals surface area contributed by atoms with Gasteiger partial charge in [0.15, 0.2) is 5.17 Å². The third-order valence-corrected chi connectivity index (χ3v) is 5.96. The van der Waals surface area contributed by atoms with Gasteiger partial charge in [-0.2, -0.15) is 0 Å². The largest absolute Gasteiger partial charge is 0.325 e. The fraction of sp³-hybridized carbons (Fsp3) is 0.158. The van der Waals surface area contributed by atoms with Crippen molar-refractivity contribution in [3.8, 4) is 0 Å². The van der Waals surface area contributed by atoms with Gasteiger partial charge in [-0.05, 0) is 29.7 Å². The fourth-order valence-corrected chi connectivity index (χ4v) is 4.63. The highest BCUT2D eigenvalue weighted by atomic mass is 32.2. The summed E-state index contributed by atoms with van der Waals surface area (Å²) in [4.78, 5) is 21.3. The van der Waals surface area contributed by atoms with Crippen LogP contribution in [0, 0.1) is 0 Å². The van der Waals surface area contributed by atoms with Gasteiger partial charge in [0.25, 0.3) is 0 Å². The number of hydrogen-bond acceptors (Lipinski definition) is 5. The lowest BCUT2D eigenvalue weighted by Crippen LogP contribution is -2.24. The quantitative estimate of drug-likeness (QED) is 0.849. The van der Waals surface area contributed by atoms with Crippen molar-refractivity contribution in [1.29, 1.82) is 0 Å². The number of carbonyl (C=O) groups is 1. The summed E-state index contributed by atoms with van der Waals surface area (Å²) < 4.78 is 0. The average molecular weight is 367 g/mol. The molecule has 2 aromatic rings. The molecule has 0 bridgehead atoms. The number of rotatable bonds is 5. The molecule has 1 N–H and O–H groups in total. The first-order chi connectivity index (χ1) is 12.3. The number of para-hydroxylation sites is 1. The first kappa shape index (κ1) is 16.3. The van der Waals surface area contributed by atoms with Gasteiger partial charge in [0.05, 0.1) is 18.7 Å². The Balaban J connectivity index is 1.44. The predicted octanol–water partition coefficient (Wildman–Crippen LogP) is 4.43. The van der Waals surface area contributed by atoms with E-state index < -0.39 is 0 Å². The predicted molar refractivity (Wildman–Crippen MR) is 105 cm³/mol. The van der Waals surface area contributed by atoms with E-state index in [1.807, 2.05) is 47.9 Å². The smallest absolute Gasteiger partial charge is 0.230 e. The SMILES string of the molecule is O=C(CC1=CSC2=NCCN12)Nc1ccccc1Sc1ccccc1. The summed E-state index contributed by atoms with van der Waals surface area (Å²) in [6, 6.07) is 18.1. The van der Waals surface area contributed by atoms with Gasteiger partial charge in [0, 0.05) is 22.0 Å². The van der Waals surface area contributed by atoms with Crippen LogP contribution in [-0.2, 0) is 4.79 Å². The molecule has 0 aliphatic carbocycles. The zero-order chi connectivity index (χ0) is 17.1. The Bertz CT molecular complexity index is 849. The minimum Gasteiger partial charge on any atom is -0.325 e. The number of anilines is 1. The van der Waals surface area contributed by atoms with Crippen molar-refractivity contribution in [1.82, 2.24) is 4.90 Å². The van der Waals surface area contributed by atoms with Gasteiger partial charge in [0.1, 0.15) is 0 Å². The van der Waals surface area contributed by atoms with Crippen LogP contribution in [0.15, 0.2) is 80.5 Å². The van der Waals surface area contributed by atoms with Crippen LogP contribution in [0.1, 0.15) is 6.42 Å². The maximum atomic E-state index is 12.5. The second-order valence-corrected chi connectivity index (χ2v) is 7.63. The Morgan fingerprint density at radius 1 is 1.16 bits per heavy atom. The second-order valence-electron chi connectivity index (χ2n) is 5.68. The van der Waals surface area contributed by atoms with Crippen LogP contribution in [0.5, 0.6) is 0 Å². The lowest BCUT2D eigenvalue weighted by atomic mass is 10.2. The molecule has 25 heavy (non-hydrogen) atoms. The lowest BCUT2D eigenvalue weighted by Gasteiger charge is -2.16. The molecule has 0 atom stereocenters. The molecule has 1 amide bonds. The summed E-state index contributed by atoms with van der Waals surface area (Å²) >= 11 is 3.26. The maximum Gasteiger partial charge on any atom is 0.230 e. The number of amidine groups is 1. The van der Waals surface area contributed by atoms with Gasteiger partial charge >= 0.3 is 0 Å². The normalized spacial score (nSPS) is 15.6. The number of hydrogen-bond donors (Lipinski definition) is 1. The van der Waals surface area contributed by atoms with E-state index in [0.717, 1.165) is 39.4 Å². The van der Waals surface area contributed by atoms with E-state index in [2.05, 4.69) is 27.3 Å². The minimum atomic E-state index is 0.00103. The molecule has 0 fully saturated rings. The van der Waals surface area contributed by atoms with E-state index in [0.29, 0.717) is 6.42 Å². The van der Waals surface area contributed by atoms with Crippen molar-refractivity contribution in [3.05, 3.63) is 65.7 Å². The molecule has 4 rings (SSSR count). The summed E-state index contributed by atoms with van der Waals surface area (Å²) in [5.41, 5.74) is 1.88. The Morgan fingerprint density at radius 3 is 2.84 bits per heavy atom. The zero-order valence-electron chi connectivity index (χ0n) is 13.5. The highest BCUT2D eigenvalue weighted by Gasteiger charge is 2.27. The van der Waals surface area contributed by atoms with Crippen molar-refractivity contribution < 1.29 is 4.79 Å². The molecule has 2 aliphatic rings. The summed E-state index contributed by atoms with van der Waals surface area (Å²) in [7, 11) is 0. The van der Waals surface area contributed by atoms with E-state index in [4.69, 9.17) is 0 Å². The molecular weight excluding hydrogens is 350 g/mol. The van der Waals surface area contributed by atoms with E-state index in [1.165, 1.54) is 0 Å². The molecule has 0 aromatic heterocycles. The topological polar surface area (TPSA) is 44.7 Å². The molecule has 2 aliphatic heterocycles. The van der Waals surface area contributed by atoms with E-state index in [-0.39, 0.29) is 5.91 Å². The number of amides is 1. The van der Waals surface area contributed by atoms with E-state index in [9.17, 15) is 4.79 Å². The van der Waals surface area contributed by atoms with Crippen LogP contribution in [0.25, 0.3) is 0 Å². The molecule has 2 aromatic carbocycles. The summed E-state index contributed by atoms with van der Waals surface area (Å²) in [5.74, 6) is 0.00103. The Labute approximate surface area is 155 Å². The van der Waals surface area contributed by atoms with Crippen LogP contribution in [0.3, 0.4) is 0 Å². The van der Waals surface area contributed by atoms with Crippen LogP contribution in [-0.4, -0.2) is 29.1 Å². The molecule has 2 heterocycles. The standard InChI is InChI=1S/C19H17N3OS2/c23-18(12-14-13-24-19-20-10-11-22(14)19)21-16-8-4-5-9-17(16)25-15-6-2-1-3-7-15/h1-9,13H,10-12H2,(H,21,23). The fourth-order valence-electron chi connectivity index (χ4n) is 2.75. The van der Waals surface area contributed by atoms with E-state index in [1.54, 1.807) is 23.5 Å². The molecule has 0 spiro atoms. The molecule has 0 saturated carbocycles. The molecule has 0 radical (unpaired) electrons.